The quantitative estimate of drug-likeness (QED) is 0.783. The predicted octanol–water partition coefficient (Wildman–Crippen LogP) is 3.51. The summed E-state index contributed by atoms with van der Waals surface area (Å²) in [6.07, 6.45) is 1.03. The number of benzene rings is 2. The Hall–Kier alpha value is -1.67. The second-order valence-electron chi connectivity index (χ2n) is 6.21. The first kappa shape index (κ1) is 13.3. The molecular formula is C18H20OSi. The maximum atomic E-state index is 12.9. The van der Waals surface area contributed by atoms with Crippen LogP contribution in [0.25, 0.3) is 0 Å². The third-order valence-corrected chi connectivity index (χ3v) is 7.85. The van der Waals surface area contributed by atoms with Crippen LogP contribution < -0.4 is 5.19 Å². The molecule has 1 aliphatic carbocycles. The van der Waals surface area contributed by atoms with E-state index in [1.165, 1.54) is 10.8 Å². The fraction of sp³-hybridized carbons (Fsp3) is 0.278. The van der Waals surface area contributed by atoms with Crippen LogP contribution in [-0.2, 0) is 4.79 Å². The van der Waals surface area contributed by atoms with Crippen LogP contribution in [0.5, 0.6) is 0 Å². The lowest BCUT2D eigenvalue weighted by Gasteiger charge is -2.21. The first-order chi connectivity index (χ1) is 9.60. The molecule has 0 amide bonds. The average molecular weight is 280 g/mol. The molecule has 2 unspecified atom stereocenters. The van der Waals surface area contributed by atoms with Crippen molar-refractivity contribution in [3.05, 3.63) is 66.2 Å². The van der Waals surface area contributed by atoms with E-state index in [9.17, 15) is 4.79 Å². The Balaban J connectivity index is 1.78. The molecule has 2 aromatic carbocycles. The van der Waals surface area contributed by atoms with Crippen molar-refractivity contribution < 1.29 is 4.79 Å². The summed E-state index contributed by atoms with van der Waals surface area (Å²) in [4.78, 5) is 12.9. The minimum Gasteiger partial charge on any atom is -0.305 e. The molecule has 0 bridgehead atoms. The van der Waals surface area contributed by atoms with Crippen molar-refractivity contribution in [1.82, 2.24) is 0 Å². The van der Waals surface area contributed by atoms with Crippen LogP contribution in [0.3, 0.4) is 0 Å². The van der Waals surface area contributed by atoms with Gasteiger partial charge in [0.25, 0.3) is 0 Å². The Morgan fingerprint density at radius 3 is 2.10 bits per heavy atom. The van der Waals surface area contributed by atoms with Crippen molar-refractivity contribution in [2.24, 2.45) is 5.92 Å². The summed E-state index contributed by atoms with van der Waals surface area (Å²) in [5, 5.41) is 1.77. The van der Waals surface area contributed by atoms with Gasteiger partial charge in [0.2, 0.25) is 0 Å². The van der Waals surface area contributed by atoms with Gasteiger partial charge in [-0.05, 0) is 17.9 Å². The van der Waals surface area contributed by atoms with Crippen LogP contribution in [0.15, 0.2) is 60.7 Å². The Kier molecular flexibility index (Phi) is 3.34. The van der Waals surface area contributed by atoms with Gasteiger partial charge in [-0.3, -0.25) is 0 Å². The van der Waals surface area contributed by atoms with E-state index in [0.29, 0.717) is 11.3 Å². The van der Waals surface area contributed by atoms with Crippen molar-refractivity contribution in [2.75, 3.05) is 0 Å². The molecule has 0 aliphatic heterocycles. The van der Waals surface area contributed by atoms with Crippen molar-refractivity contribution in [3.8, 4) is 0 Å². The normalized spacial score (nSPS) is 21.5. The molecule has 0 aromatic heterocycles. The predicted molar refractivity (Wildman–Crippen MR) is 85.9 cm³/mol. The first-order valence-electron chi connectivity index (χ1n) is 7.25. The molecule has 3 rings (SSSR count). The number of carbonyl (C=O) groups excluding carboxylic acids is 1. The van der Waals surface area contributed by atoms with Gasteiger partial charge in [-0.15, -0.1) is 0 Å². The molecule has 2 aromatic rings. The molecule has 20 heavy (non-hydrogen) atoms. The molecule has 102 valence electrons. The Morgan fingerprint density at radius 2 is 1.50 bits per heavy atom. The lowest BCUT2D eigenvalue weighted by molar-refractivity contribution is -0.113. The van der Waals surface area contributed by atoms with Crippen molar-refractivity contribution in [3.63, 3.8) is 0 Å². The Morgan fingerprint density at radius 1 is 0.950 bits per heavy atom. The van der Waals surface area contributed by atoms with Gasteiger partial charge in [-0.2, -0.15) is 0 Å². The van der Waals surface area contributed by atoms with E-state index in [4.69, 9.17) is 0 Å². The SMILES string of the molecule is C[Si](C)(C(=O)C1CC1c1ccccc1)c1ccccc1. The Bertz CT molecular complexity index is 604. The third kappa shape index (κ3) is 2.36. The highest BCUT2D eigenvalue weighted by atomic mass is 28.3. The largest absolute Gasteiger partial charge is 0.305 e. The molecular weight excluding hydrogens is 260 g/mol. The van der Waals surface area contributed by atoms with E-state index in [-0.39, 0.29) is 5.92 Å². The summed E-state index contributed by atoms with van der Waals surface area (Å²) in [5.41, 5.74) is 1.32. The molecule has 0 spiro atoms. The number of carbonyl (C=O) groups is 1. The molecule has 1 nitrogen and oxygen atoms in total. The molecule has 2 heteroatoms. The number of hydrogen-bond acceptors (Lipinski definition) is 1. The standard InChI is InChI=1S/C18H20OSi/c1-20(2,15-11-7-4-8-12-15)18(19)17-13-16(17)14-9-5-3-6-10-14/h3-12,16-17H,13H2,1-2H3. The van der Waals surface area contributed by atoms with Gasteiger partial charge in [0.05, 0.1) is 0 Å². The Labute approximate surface area is 121 Å². The zero-order valence-corrected chi connectivity index (χ0v) is 13.0. The summed E-state index contributed by atoms with van der Waals surface area (Å²) in [6.45, 7) is 4.37. The highest BCUT2D eigenvalue weighted by Gasteiger charge is 2.49. The zero-order chi connectivity index (χ0) is 14.2. The summed E-state index contributed by atoms with van der Waals surface area (Å²) in [5.74, 6) is 0.707. The van der Waals surface area contributed by atoms with E-state index >= 15 is 0 Å². The van der Waals surface area contributed by atoms with Crippen molar-refractivity contribution >= 4 is 18.7 Å². The molecule has 0 saturated heterocycles. The summed E-state index contributed by atoms with van der Waals surface area (Å²) in [6, 6.07) is 20.8. The molecule has 1 aliphatic rings. The van der Waals surface area contributed by atoms with Gasteiger partial charge in [-0.25, -0.2) is 0 Å². The zero-order valence-electron chi connectivity index (χ0n) is 12.0. The minimum absolute atomic E-state index is 0.249. The van der Waals surface area contributed by atoms with E-state index in [1.54, 1.807) is 0 Å². The first-order valence-corrected chi connectivity index (χ1v) is 10.3. The highest BCUT2D eigenvalue weighted by molar-refractivity contribution is 7.13. The average Bonchev–Trinajstić information content (AvgIpc) is 3.28. The van der Waals surface area contributed by atoms with Crippen molar-refractivity contribution in [1.29, 1.82) is 0 Å². The van der Waals surface area contributed by atoms with Crippen LogP contribution in [0, 0.1) is 5.92 Å². The third-order valence-electron chi connectivity index (χ3n) is 4.47. The monoisotopic (exact) mass is 280 g/mol. The van der Waals surface area contributed by atoms with Gasteiger partial charge in [0, 0.05) is 5.92 Å². The maximum absolute atomic E-state index is 12.9. The van der Waals surface area contributed by atoms with Crippen LogP contribution in [0.2, 0.25) is 13.1 Å². The summed E-state index contributed by atoms with van der Waals surface area (Å²) >= 11 is 0. The fourth-order valence-corrected chi connectivity index (χ4v) is 5.57. The molecule has 1 fully saturated rings. The molecule has 0 radical (unpaired) electrons. The summed E-state index contributed by atoms with van der Waals surface area (Å²) < 4.78 is 0. The van der Waals surface area contributed by atoms with Crippen LogP contribution in [0.4, 0.5) is 0 Å². The minimum atomic E-state index is -2.00. The van der Waals surface area contributed by atoms with Crippen LogP contribution in [-0.4, -0.2) is 13.5 Å². The fourth-order valence-electron chi connectivity index (χ4n) is 3.01. The highest BCUT2D eigenvalue weighted by Crippen LogP contribution is 2.49. The van der Waals surface area contributed by atoms with Crippen molar-refractivity contribution in [2.45, 2.75) is 25.4 Å². The lowest BCUT2D eigenvalue weighted by atomic mass is 10.1. The number of hydrogen-bond donors (Lipinski definition) is 0. The van der Waals surface area contributed by atoms with E-state index in [2.05, 4.69) is 49.5 Å². The van der Waals surface area contributed by atoms with E-state index in [0.717, 1.165) is 6.42 Å². The lowest BCUT2D eigenvalue weighted by Crippen LogP contribution is -2.50. The van der Waals surface area contributed by atoms with Gasteiger partial charge in [0.15, 0.2) is 8.07 Å². The van der Waals surface area contributed by atoms with Crippen LogP contribution in [0.1, 0.15) is 17.9 Å². The van der Waals surface area contributed by atoms with Crippen LogP contribution >= 0.6 is 0 Å². The summed E-state index contributed by atoms with van der Waals surface area (Å²) in [7, 11) is -2.00. The molecule has 0 heterocycles. The topological polar surface area (TPSA) is 17.1 Å². The second kappa shape index (κ2) is 5.02. The number of rotatable bonds is 4. The van der Waals surface area contributed by atoms with Gasteiger partial charge < -0.3 is 4.79 Å². The molecule has 2 atom stereocenters. The second-order valence-corrected chi connectivity index (χ2v) is 10.5. The maximum Gasteiger partial charge on any atom is 0.157 e. The smallest absolute Gasteiger partial charge is 0.157 e. The van der Waals surface area contributed by atoms with Gasteiger partial charge >= 0.3 is 0 Å². The molecule has 1 saturated carbocycles. The van der Waals surface area contributed by atoms with Gasteiger partial charge in [0.1, 0.15) is 5.41 Å². The molecule has 0 N–H and O–H groups in total. The van der Waals surface area contributed by atoms with E-state index < -0.39 is 8.07 Å². The van der Waals surface area contributed by atoms with E-state index in [1.807, 2.05) is 24.3 Å². The van der Waals surface area contributed by atoms with Gasteiger partial charge in [-0.1, -0.05) is 78.9 Å².